The van der Waals surface area contributed by atoms with Gasteiger partial charge in [0, 0.05) is 6.42 Å². The summed E-state index contributed by atoms with van der Waals surface area (Å²) in [6.07, 6.45) is 10.6. The topological polar surface area (TPSA) is 26.3 Å². The van der Waals surface area contributed by atoms with Crippen molar-refractivity contribution < 1.29 is 9.53 Å². The molecule has 4 aliphatic carbocycles. The monoisotopic (exact) mass is 376 g/mol. The van der Waals surface area contributed by atoms with Gasteiger partial charge in [-0.25, -0.2) is 0 Å². The number of Topliss-reactive ketones (excluding diaryl/α,β-unsaturated/α-hetero) is 1. The Bertz CT molecular complexity index is 833. The van der Waals surface area contributed by atoms with Gasteiger partial charge in [0.2, 0.25) is 0 Å². The molecular weight excluding hydrogens is 344 g/mol. The summed E-state index contributed by atoms with van der Waals surface area (Å²) < 4.78 is 6.31. The number of rotatable bonds is 3. The molecule has 0 saturated heterocycles. The number of carbonyl (C=O) groups is 1. The van der Waals surface area contributed by atoms with E-state index >= 15 is 0 Å². The molecule has 0 bridgehead atoms. The van der Waals surface area contributed by atoms with Crippen molar-refractivity contribution in [2.45, 2.75) is 71.5 Å². The molecular formula is C26H32O2. The molecule has 0 aliphatic heterocycles. The van der Waals surface area contributed by atoms with Crippen LogP contribution in [-0.2, 0) is 16.1 Å². The largest absolute Gasteiger partial charge is 0.373 e. The Hall–Kier alpha value is -1.67. The van der Waals surface area contributed by atoms with E-state index in [2.05, 4.69) is 50.3 Å². The van der Waals surface area contributed by atoms with Crippen molar-refractivity contribution in [2.24, 2.45) is 23.2 Å². The van der Waals surface area contributed by atoms with Gasteiger partial charge in [0.1, 0.15) is 0 Å². The van der Waals surface area contributed by atoms with E-state index in [-0.39, 0.29) is 0 Å². The second kappa shape index (κ2) is 6.99. The molecule has 0 heterocycles. The number of benzene rings is 1. The van der Waals surface area contributed by atoms with E-state index in [1.54, 1.807) is 5.57 Å². The Morgan fingerprint density at radius 1 is 1.14 bits per heavy atom. The van der Waals surface area contributed by atoms with Crippen molar-refractivity contribution >= 4 is 5.78 Å². The van der Waals surface area contributed by atoms with Crippen LogP contribution in [0.25, 0.3) is 0 Å². The van der Waals surface area contributed by atoms with Crippen molar-refractivity contribution in [2.75, 3.05) is 0 Å². The molecule has 1 aromatic carbocycles. The molecule has 28 heavy (non-hydrogen) atoms. The number of carbonyl (C=O) groups excluding carboxylic acids is 1. The SMILES string of the molecule is CC1=C2C[C@H]3[C@H](CC=C4C[C@@H](OCc5ccccc5)CC[C@@]43C)[C@@H]2CCC1=O. The quantitative estimate of drug-likeness (QED) is 0.603. The van der Waals surface area contributed by atoms with Crippen LogP contribution in [0.3, 0.4) is 0 Å². The molecule has 2 fully saturated rings. The smallest absolute Gasteiger partial charge is 0.158 e. The average Bonchev–Trinajstić information content (AvgIpc) is 3.11. The van der Waals surface area contributed by atoms with Crippen LogP contribution >= 0.6 is 0 Å². The lowest BCUT2D eigenvalue weighted by Crippen LogP contribution is -2.41. The van der Waals surface area contributed by atoms with Gasteiger partial charge in [0.25, 0.3) is 0 Å². The highest BCUT2D eigenvalue weighted by Crippen LogP contribution is 2.62. The highest BCUT2D eigenvalue weighted by Gasteiger charge is 2.53. The maximum Gasteiger partial charge on any atom is 0.158 e. The molecule has 148 valence electrons. The van der Waals surface area contributed by atoms with E-state index in [1.807, 2.05) is 0 Å². The van der Waals surface area contributed by atoms with E-state index in [4.69, 9.17) is 4.74 Å². The van der Waals surface area contributed by atoms with E-state index in [9.17, 15) is 4.79 Å². The van der Waals surface area contributed by atoms with Crippen LogP contribution in [0, 0.1) is 23.2 Å². The van der Waals surface area contributed by atoms with Crippen LogP contribution in [0.2, 0.25) is 0 Å². The maximum atomic E-state index is 12.2. The fourth-order valence-electron chi connectivity index (χ4n) is 6.73. The first-order valence-electron chi connectivity index (χ1n) is 11.1. The summed E-state index contributed by atoms with van der Waals surface area (Å²) >= 11 is 0. The van der Waals surface area contributed by atoms with Crippen LogP contribution in [0.1, 0.15) is 64.4 Å². The zero-order valence-corrected chi connectivity index (χ0v) is 17.2. The van der Waals surface area contributed by atoms with Crippen LogP contribution in [0.15, 0.2) is 53.1 Å². The van der Waals surface area contributed by atoms with Gasteiger partial charge in [0.15, 0.2) is 5.78 Å². The van der Waals surface area contributed by atoms with Crippen molar-refractivity contribution in [3.63, 3.8) is 0 Å². The van der Waals surface area contributed by atoms with E-state index < -0.39 is 0 Å². The van der Waals surface area contributed by atoms with E-state index in [0.29, 0.717) is 23.2 Å². The molecule has 1 aromatic rings. The molecule has 0 spiro atoms. The highest BCUT2D eigenvalue weighted by molar-refractivity contribution is 5.96. The van der Waals surface area contributed by atoms with Crippen LogP contribution in [0.4, 0.5) is 0 Å². The molecule has 2 saturated carbocycles. The van der Waals surface area contributed by atoms with E-state index in [1.165, 1.54) is 24.0 Å². The molecule has 0 unspecified atom stereocenters. The number of hydrogen-bond donors (Lipinski definition) is 0. The first-order valence-corrected chi connectivity index (χ1v) is 11.1. The third-order valence-corrected chi connectivity index (χ3v) is 8.45. The summed E-state index contributed by atoms with van der Waals surface area (Å²) in [6, 6.07) is 10.5. The molecule has 5 rings (SSSR count). The van der Waals surface area contributed by atoms with Gasteiger partial charge in [-0.2, -0.15) is 0 Å². The van der Waals surface area contributed by atoms with Gasteiger partial charge >= 0.3 is 0 Å². The van der Waals surface area contributed by atoms with Gasteiger partial charge in [-0.15, -0.1) is 0 Å². The van der Waals surface area contributed by atoms with Crippen molar-refractivity contribution in [1.82, 2.24) is 0 Å². The summed E-state index contributed by atoms with van der Waals surface area (Å²) in [5, 5.41) is 0. The Kier molecular flexibility index (Phi) is 4.58. The molecule has 2 nitrogen and oxygen atoms in total. The van der Waals surface area contributed by atoms with Gasteiger partial charge in [-0.05, 0) is 79.8 Å². The van der Waals surface area contributed by atoms with Gasteiger partial charge in [-0.3, -0.25) is 4.79 Å². The summed E-state index contributed by atoms with van der Waals surface area (Å²) in [6.45, 7) is 5.32. The number of allylic oxidation sites excluding steroid dienone is 3. The lowest BCUT2D eigenvalue weighted by atomic mass is 9.56. The standard InChI is InChI=1S/C26H32O2/c1-17-23-15-24-22(21(23)10-11-25(17)27)9-8-19-14-20(12-13-26(19,24)2)28-16-18-6-4-3-5-7-18/h3-8,20-22,24H,9-16H2,1-2H3/t20-,21-,22+,24-,26-/m0/s1. The minimum absolute atomic E-state index is 0.309. The fourth-order valence-corrected chi connectivity index (χ4v) is 6.73. The Morgan fingerprint density at radius 2 is 1.96 bits per heavy atom. The maximum absolute atomic E-state index is 12.2. The minimum atomic E-state index is 0.309. The first kappa shape index (κ1) is 18.4. The van der Waals surface area contributed by atoms with E-state index in [0.717, 1.165) is 56.1 Å². The van der Waals surface area contributed by atoms with Gasteiger partial charge < -0.3 is 4.74 Å². The Morgan fingerprint density at radius 3 is 2.79 bits per heavy atom. The molecule has 0 radical (unpaired) electrons. The normalized spacial score (nSPS) is 37.2. The first-order chi connectivity index (χ1) is 13.6. The predicted molar refractivity (Wildman–Crippen MR) is 112 cm³/mol. The van der Waals surface area contributed by atoms with Crippen molar-refractivity contribution in [1.29, 1.82) is 0 Å². The number of ether oxygens (including phenoxy) is 1. The second-order valence-corrected chi connectivity index (χ2v) is 9.74. The van der Waals surface area contributed by atoms with Gasteiger partial charge in [0.05, 0.1) is 12.7 Å². The molecule has 2 heteroatoms. The molecule has 5 atom stereocenters. The van der Waals surface area contributed by atoms with Crippen LogP contribution in [0.5, 0.6) is 0 Å². The lowest BCUT2D eigenvalue weighted by Gasteiger charge is -2.49. The predicted octanol–water partition coefficient (Wildman–Crippen LogP) is 6.02. The summed E-state index contributed by atoms with van der Waals surface area (Å²) in [5.41, 5.74) is 5.84. The summed E-state index contributed by atoms with van der Waals surface area (Å²) in [5.74, 6) is 2.56. The zero-order valence-electron chi connectivity index (χ0n) is 17.2. The highest BCUT2D eigenvalue weighted by atomic mass is 16.5. The van der Waals surface area contributed by atoms with Crippen molar-refractivity contribution in [3.8, 4) is 0 Å². The summed E-state index contributed by atoms with van der Waals surface area (Å²) in [7, 11) is 0. The Balaban J connectivity index is 1.32. The third-order valence-electron chi connectivity index (χ3n) is 8.45. The van der Waals surface area contributed by atoms with Crippen LogP contribution < -0.4 is 0 Å². The van der Waals surface area contributed by atoms with Crippen molar-refractivity contribution in [3.05, 3.63) is 58.7 Å². The molecule has 0 aromatic heterocycles. The molecule has 4 aliphatic rings. The number of ketones is 1. The Labute approximate surface area is 169 Å². The third kappa shape index (κ3) is 2.92. The number of hydrogen-bond acceptors (Lipinski definition) is 2. The minimum Gasteiger partial charge on any atom is -0.373 e. The summed E-state index contributed by atoms with van der Waals surface area (Å²) in [4.78, 5) is 12.2. The molecule has 0 N–H and O–H groups in total. The average molecular weight is 377 g/mol. The van der Waals surface area contributed by atoms with Gasteiger partial charge in [-0.1, -0.05) is 54.5 Å². The lowest BCUT2D eigenvalue weighted by molar-refractivity contribution is -0.116. The second-order valence-electron chi connectivity index (χ2n) is 9.74. The zero-order chi connectivity index (χ0) is 19.3. The fraction of sp³-hybridized carbons (Fsp3) is 0.577. The molecule has 0 amide bonds. The van der Waals surface area contributed by atoms with Crippen LogP contribution in [-0.4, -0.2) is 11.9 Å². The number of fused-ring (bicyclic) bond motifs is 5.